The molecule has 43 heavy (non-hydrogen) atoms. The van der Waals surface area contributed by atoms with E-state index in [-0.39, 0.29) is 24.8 Å². The summed E-state index contributed by atoms with van der Waals surface area (Å²) in [5, 5.41) is 16.3. The molecule has 1 saturated heterocycles. The Balaban J connectivity index is 1.31. The molecule has 4 heterocycles. The van der Waals surface area contributed by atoms with Gasteiger partial charge in [0.2, 0.25) is 11.8 Å². The lowest BCUT2D eigenvalue weighted by molar-refractivity contribution is -0.145. The van der Waals surface area contributed by atoms with Crippen molar-refractivity contribution in [2.45, 2.75) is 76.0 Å². The van der Waals surface area contributed by atoms with E-state index in [9.17, 15) is 19.5 Å². The number of carbonyl (C=O) groups excluding carboxylic acids is 2. The van der Waals surface area contributed by atoms with Gasteiger partial charge in [0.15, 0.2) is 0 Å². The smallest absolute Gasteiger partial charge is 0.330 e. The standard InChI is InChI=1S/C32H36N4O6S/c1-19-25(41-2)12-11-22-26(16-23(34-28(19)22)30-33-13-14-43-30)42-21-15-24-29(38)35-32(31(39)40)17-20(32)9-7-5-3-4-6-8-10-27(37)36(24)18-21/h7,9,11-14,16,20-21,24H,3-6,8,10,15,17-18H2,1-2H3,(H,35,38)(H,39,40)/b9-7-. The third-order valence-electron chi connectivity index (χ3n) is 8.82. The number of carboxylic acids is 1. The van der Waals surface area contributed by atoms with Gasteiger partial charge in [-0.05, 0) is 44.7 Å². The maximum absolute atomic E-state index is 13.7. The van der Waals surface area contributed by atoms with E-state index < -0.39 is 29.6 Å². The van der Waals surface area contributed by atoms with Gasteiger partial charge in [0.05, 0.1) is 19.2 Å². The van der Waals surface area contributed by atoms with Crippen LogP contribution in [-0.2, 0) is 14.4 Å². The van der Waals surface area contributed by atoms with Gasteiger partial charge in [-0.3, -0.25) is 9.59 Å². The van der Waals surface area contributed by atoms with Gasteiger partial charge in [-0.25, -0.2) is 14.8 Å². The van der Waals surface area contributed by atoms with E-state index in [0.29, 0.717) is 30.0 Å². The Morgan fingerprint density at radius 2 is 2.02 bits per heavy atom. The second-order valence-corrected chi connectivity index (χ2v) is 12.5. The number of ether oxygens (including phenoxy) is 2. The van der Waals surface area contributed by atoms with Gasteiger partial charge >= 0.3 is 5.97 Å². The minimum absolute atomic E-state index is 0.111. The number of hydrogen-bond acceptors (Lipinski definition) is 8. The van der Waals surface area contributed by atoms with Crippen LogP contribution in [0, 0.1) is 12.8 Å². The van der Waals surface area contributed by atoms with E-state index in [1.165, 1.54) is 11.3 Å². The van der Waals surface area contributed by atoms with Gasteiger partial charge in [-0.15, -0.1) is 11.3 Å². The van der Waals surface area contributed by atoms with E-state index in [0.717, 1.165) is 53.6 Å². The van der Waals surface area contributed by atoms with Crippen LogP contribution in [0.1, 0.15) is 56.9 Å². The lowest BCUT2D eigenvalue weighted by Gasteiger charge is -2.25. The molecular weight excluding hydrogens is 568 g/mol. The average Bonchev–Trinajstić information content (AvgIpc) is 3.32. The average molecular weight is 605 g/mol. The largest absolute Gasteiger partial charge is 0.496 e. The lowest BCUT2D eigenvalue weighted by atomic mass is 10.1. The molecule has 11 heteroatoms. The fraction of sp³-hybridized carbons (Fsp3) is 0.469. The molecule has 226 valence electrons. The highest BCUT2D eigenvalue weighted by atomic mass is 32.1. The number of aryl methyl sites for hydroxylation is 1. The first-order chi connectivity index (χ1) is 20.8. The maximum atomic E-state index is 13.7. The fourth-order valence-corrected chi connectivity index (χ4v) is 6.90. The first-order valence-corrected chi connectivity index (χ1v) is 15.7. The number of hydrogen-bond donors (Lipinski definition) is 2. The monoisotopic (exact) mass is 604 g/mol. The van der Waals surface area contributed by atoms with Crippen molar-refractivity contribution < 1.29 is 29.0 Å². The van der Waals surface area contributed by atoms with Crippen molar-refractivity contribution in [3.05, 3.63) is 47.5 Å². The van der Waals surface area contributed by atoms with Gasteiger partial charge in [0.25, 0.3) is 0 Å². The molecule has 3 aromatic rings. The van der Waals surface area contributed by atoms with Crippen LogP contribution in [0.15, 0.2) is 41.9 Å². The normalized spacial score (nSPS) is 26.9. The van der Waals surface area contributed by atoms with E-state index in [4.69, 9.17) is 14.5 Å². The second kappa shape index (κ2) is 11.9. The van der Waals surface area contributed by atoms with Crippen molar-refractivity contribution in [2.75, 3.05) is 13.7 Å². The fourth-order valence-electron chi connectivity index (χ4n) is 6.31. The number of pyridine rings is 1. The number of nitrogens with one attached hydrogen (secondary N) is 1. The summed E-state index contributed by atoms with van der Waals surface area (Å²) in [6, 6.07) is 4.80. The van der Waals surface area contributed by atoms with E-state index >= 15 is 0 Å². The molecule has 0 radical (unpaired) electrons. The summed E-state index contributed by atoms with van der Waals surface area (Å²) in [6.07, 6.45) is 10.6. The predicted octanol–water partition coefficient (Wildman–Crippen LogP) is 4.89. The summed E-state index contributed by atoms with van der Waals surface area (Å²) in [6.45, 7) is 2.17. The van der Waals surface area contributed by atoms with Gasteiger partial charge in [0, 0.05) is 47.4 Å². The SMILES string of the molecule is COc1ccc2c(OC3CC4C(=O)NC5(C(=O)O)CC5/C=C\CCCCCCC(=O)N4C3)cc(-c3nccs3)nc2c1C. The van der Waals surface area contributed by atoms with E-state index in [1.807, 2.05) is 42.7 Å². The minimum Gasteiger partial charge on any atom is -0.496 e. The summed E-state index contributed by atoms with van der Waals surface area (Å²) >= 11 is 1.47. The molecule has 2 fully saturated rings. The van der Waals surface area contributed by atoms with Crippen LogP contribution in [0.4, 0.5) is 0 Å². The Morgan fingerprint density at radius 1 is 1.19 bits per heavy atom. The number of allylic oxidation sites excluding steroid dienone is 1. The molecule has 1 aliphatic carbocycles. The lowest BCUT2D eigenvalue weighted by Crippen LogP contribution is -2.53. The van der Waals surface area contributed by atoms with Crippen LogP contribution in [0.3, 0.4) is 0 Å². The van der Waals surface area contributed by atoms with Crippen LogP contribution in [0.2, 0.25) is 0 Å². The molecule has 10 nitrogen and oxygen atoms in total. The number of benzene rings is 1. The van der Waals surface area contributed by atoms with Gasteiger partial charge in [-0.2, -0.15) is 0 Å². The Morgan fingerprint density at radius 3 is 2.79 bits per heavy atom. The molecule has 2 aromatic heterocycles. The Labute approximate surface area is 254 Å². The zero-order valence-electron chi connectivity index (χ0n) is 24.4. The number of methoxy groups -OCH3 is 1. The summed E-state index contributed by atoms with van der Waals surface area (Å²) < 4.78 is 12.1. The molecule has 4 atom stereocenters. The molecule has 2 aliphatic heterocycles. The summed E-state index contributed by atoms with van der Waals surface area (Å²) in [5.41, 5.74) is 0.914. The number of amides is 2. The summed E-state index contributed by atoms with van der Waals surface area (Å²) in [4.78, 5) is 50.3. The molecule has 4 unspecified atom stereocenters. The molecule has 1 saturated carbocycles. The van der Waals surface area contributed by atoms with Gasteiger partial charge in [-0.1, -0.05) is 25.0 Å². The zero-order chi connectivity index (χ0) is 30.1. The van der Waals surface area contributed by atoms with Crippen molar-refractivity contribution in [3.63, 3.8) is 0 Å². The number of rotatable bonds is 5. The van der Waals surface area contributed by atoms with Crippen LogP contribution in [-0.4, -0.2) is 69.1 Å². The summed E-state index contributed by atoms with van der Waals surface area (Å²) in [5.74, 6) is -0.583. The number of aromatic nitrogens is 2. The first kappa shape index (κ1) is 29.1. The van der Waals surface area contributed by atoms with Crippen molar-refractivity contribution in [1.29, 1.82) is 0 Å². The minimum atomic E-state index is -1.33. The van der Waals surface area contributed by atoms with Crippen LogP contribution in [0.5, 0.6) is 11.5 Å². The second-order valence-electron chi connectivity index (χ2n) is 11.6. The van der Waals surface area contributed by atoms with Gasteiger partial charge < -0.3 is 24.8 Å². The van der Waals surface area contributed by atoms with Crippen molar-refractivity contribution in [3.8, 4) is 22.2 Å². The quantitative estimate of drug-likeness (QED) is 0.394. The maximum Gasteiger partial charge on any atom is 0.330 e. The topological polar surface area (TPSA) is 131 Å². The third-order valence-corrected chi connectivity index (χ3v) is 9.62. The Bertz CT molecular complexity index is 1570. The molecule has 2 amide bonds. The molecule has 2 N–H and O–H groups in total. The number of carboxylic acid groups (broad SMARTS) is 1. The van der Waals surface area contributed by atoms with Crippen LogP contribution < -0.4 is 14.8 Å². The number of fused-ring (bicyclic) bond motifs is 3. The Hall–Kier alpha value is -3.99. The third kappa shape index (κ3) is 5.70. The highest BCUT2D eigenvalue weighted by Gasteiger charge is 2.61. The zero-order valence-corrected chi connectivity index (χ0v) is 25.2. The van der Waals surface area contributed by atoms with Gasteiger partial charge in [0.1, 0.15) is 39.9 Å². The molecule has 3 aliphatic rings. The predicted molar refractivity (Wildman–Crippen MR) is 162 cm³/mol. The first-order valence-electron chi connectivity index (χ1n) is 14.9. The number of nitrogens with zero attached hydrogens (tertiary/aromatic N) is 3. The Kier molecular flexibility index (Phi) is 8.09. The van der Waals surface area contributed by atoms with Crippen LogP contribution in [0.25, 0.3) is 21.6 Å². The van der Waals surface area contributed by atoms with Crippen molar-refractivity contribution >= 4 is 40.0 Å². The highest BCUT2D eigenvalue weighted by Crippen LogP contribution is 2.45. The number of aliphatic carboxylic acids is 1. The van der Waals surface area contributed by atoms with E-state index in [1.54, 1.807) is 18.2 Å². The molecular formula is C32H36N4O6S. The van der Waals surface area contributed by atoms with E-state index in [2.05, 4.69) is 10.3 Å². The molecule has 6 rings (SSSR count). The van der Waals surface area contributed by atoms with Crippen molar-refractivity contribution in [2.24, 2.45) is 5.92 Å². The summed E-state index contributed by atoms with van der Waals surface area (Å²) in [7, 11) is 1.62. The van der Waals surface area contributed by atoms with Crippen LogP contribution >= 0.6 is 11.3 Å². The molecule has 0 spiro atoms. The molecule has 0 bridgehead atoms. The molecule has 1 aromatic carbocycles. The van der Waals surface area contributed by atoms with Crippen molar-refractivity contribution in [1.82, 2.24) is 20.2 Å². The number of carbonyl (C=O) groups is 3. The highest BCUT2D eigenvalue weighted by molar-refractivity contribution is 7.13. The number of thiazole rings is 1.